The van der Waals surface area contributed by atoms with Gasteiger partial charge in [0.05, 0.1) is 0 Å². The quantitative estimate of drug-likeness (QED) is 0.435. The van der Waals surface area contributed by atoms with Crippen molar-refractivity contribution in [2.45, 2.75) is 47.4 Å². The van der Waals surface area contributed by atoms with Gasteiger partial charge < -0.3 is 24.8 Å². The predicted octanol–water partition coefficient (Wildman–Crippen LogP) is 0.432. The first-order valence-corrected chi connectivity index (χ1v) is 21.5. The minimum Gasteiger partial charge on any atom is -1.00 e. The molecule has 2 unspecified atom stereocenters. The molecule has 0 nitrogen and oxygen atoms in total. The van der Waals surface area contributed by atoms with E-state index < -0.39 is 30.5 Å². The zero-order valence-electron chi connectivity index (χ0n) is 18.4. The molecule has 0 N–H and O–H groups in total. The standard InChI is InChI=1S/2C10H9.C4H14Si2.2ClH.Hf/c2*1-8-6-9-4-2-3-5-10(9)7-8;1-5-6(2,3)4;;;/h2*2-7H,1H3;5H2,1-4H3;2*1H;/q;;;;;+2/p-2. The van der Waals surface area contributed by atoms with Crippen LogP contribution < -0.4 is 24.8 Å². The molecule has 2 aliphatic carbocycles. The summed E-state index contributed by atoms with van der Waals surface area (Å²) in [7, 11) is -0.101. The van der Waals surface area contributed by atoms with Crippen molar-refractivity contribution in [3.63, 3.8) is 0 Å². The van der Waals surface area contributed by atoms with Crippen molar-refractivity contribution in [3.05, 3.63) is 81.9 Å². The molecule has 2 aromatic rings. The van der Waals surface area contributed by atoms with Gasteiger partial charge >= 0.3 is 138 Å². The van der Waals surface area contributed by atoms with Crippen molar-refractivity contribution in [3.8, 4) is 0 Å². The summed E-state index contributed by atoms with van der Waals surface area (Å²) in [5.41, 5.74) is 9.29. The molecule has 5 heteroatoms. The molecule has 0 saturated heterocycles. The first-order chi connectivity index (χ1) is 12.8. The van der Waals surface area contributed by atoms with Crippen molar-refractivity contribution < 1.29 is 47.7 Å². The molecule has 0 spiro atoms. The minimum absolute atomic E-state index is 0. The van der Waals surface area contributed by atoms with Crippen LogP contribution in [-0.4, -0.2) is 16.6 Å². The smallest absolute Gasteiger partial charge is 0.0307 e. The Morgan fingerprint density at radius 2 is 1.07 bits per heavy atom. The van der Waals surface area contributed by atoms with Gasteiger partial charge in [0.15, 0.2) is 0 Å². The molecule has 154 valence electrons. The maximum absolute atomic E-state index is 2.44. The summed E-state index contributed by atoms with van der Waals surface area (Å²) in [5, 5.41) is 0. The molecule has 0 bridgehead atoms. The third-order valence-corrected chi connectivity index (χ3v) is 22.1. The fourth-order valence-corrected chi connectivity index (χ4v) is 10.4. The average Bonchev–Trinajstić information content (AvgIpc) is 3.12. The predicted molar refractivity (Wildman–Crippen MR) is 123 cm³/mol. The van der Waals surface area contributed by atoms with Gasteiger partial charge in [0.25, 0.3) is 0 Å². The molecule has 2 atom stereocenters. The SMILES string of the molecule is CC1=Cc2ccccc2[CH]1[Hf+2][CH]1C(C)=Cc2ccccc21.C[SiH2][Si](C)(C)C.[Cl-].[Cl-]. The average molecular weight is 626 g/mol. The van der Waals surface area contributed by atoms with Gasteiger partial charge in [0.2, 0.25) is 0 Å². The van der Waals surface area contributed by atoms with E-state index in [0.717, 1.165) is 7.35 Å². The largest absolute Gasteiger partial charge is 1.00 e. The Labute approximate surface area is 204 Å². The second-order valence-corrected chi connectivity index (χ2v) is 28.6. The van der Waals surface area contributed by atoms with Crippen molar-refractivity contribution in [1.29, 1.82) is 0 Å². The maximum Gasteiger partial charge on any atom is 0.0307 e. The van der Waals surface area contributed by atoms with E-state index in [9.17, 15) is 0 Å². The van der Waals surface area contributed by atoms with Crippen molar-refractivity contribution in [2.24, 2.45) is 0 Å². The van der Waals surface area contributed by atoms with Crippen LogP contribution in [0.4, 0.5) is 0 Å². The Bertz CT molecular complexity index is 819. The van der Waals surface area contributed by atoms with Gasteiger partial charge in [-0.25, -0.2) is 0 Å². The molecule has 0 saturated carbocycles. The van der Waals surface area contributed by atoms with E-state index in [4.69, 9.17) is 0 Å². The molecule has 29 heavy (non-hydrogen) atoms. The first-order valence-electron chi connectivity index (χ1n) is 10.1. The Morgan fingerprint density at radius 3 is 1.41 bits per heavy atom. The van der Waals surface area contributed by atoms with Gasteiger partial charge in [-0.05, 0) is 0 Å². The van der Waals surface area contributed by atoms with Gasteiger partial charge in [-0.2, -0.15) is 0 Å². The number of allylic oxidation sites excluding steroid dienone is 2. The molecule has 0 aliphatic heterocycles. The Hall–Kier alpha value is -0.196. The summed E-state index contributed by atoms with van der Waals surface area (Å²) in [4.78, 5) is 0. The normalized spacial score (nSPS) is 19.0. The van der Waals surface area contributed by atoms with E-state index in [-0.39, 0.29) is 24.8 Å². The third kappa shape index (κ3) is 6.64. The van der Waals surface area contributed by atoms with Crippen molar-refractivity contribution in [1.82, 2.24) is 0 Å². The molecule has 2 aromatic carbocycles. The van der Waals surface area contributed by atoms with Crippen molar-refractivity contribution in [2.75, 3.05) is 0 Å². The molecule has 4 rings (SSSR count). The Balaban J connectivity index is 0.000000467. The van der Waals surface area contributed by atoms with Crippen LogP contribution in [0.2, 0.25) is 26.2 Å². The fourth-order valence-electron chi connectivity index (χ4n) is 3.57. The summed E-state index contributed by atoms with van der Waals surface area (Å²) in [6.07, 6.45) is 4.82. The monoisotopic (exact) mass is 626 g/mol. The molecular weight excluding hydrogens is 594 g/mol. The number of rotatable bonds is 3. The summed E-state index contributed by atoms with van der Waals surface area (Å²) >= 11 is -0.876. The van der Waals surface area contributed by atoms with E-state index in [2.05, 4.69) is 101 Å². The molecule has 0 amide bonds. The molecular formula is C24H32Cl2HfSi2. The first kappa shape index (κ1) is 26.8. The molecule has 0 heterocycles. The third-order valence-electron chi connectivity index (χ3n) is 5.69. The number of hydrogen-bond acceptors (Lipinski definition) is 0. The molecule has 0 aromatic heterocycles. The molecule has 0 fully saturated rings. The van der Waals surface area contributed by atoms with Crippen LogP contribution >= 0.6 is 0 Å². The molecule has 2 aliphatic rings. The van der Waals surface area contributed by atoms with Crippen LogP contribution in [0, 0.1) is 0 Å². The topological polar surface area (TPSA) is 0 Å². The number of benzene rings is 2. The van der Waals surface area contributed by atoms with Gasteiger partial charge in [-0.3, -0.25) is 0 Å². The van der Waals surface area contributed by atoms with E-state index in [1.54, 1.807) is 22.3 Å². The van der Waals surface area contributed by atoms with E-state index in [0.29, 0.717) is 9.04 Å². The van der Waals surface area contributed by atoms with Crippen LogP contribution in [0.1, 0.15) is 43.5 Å². The summed E-state index contributed by atoms with van der Waals surface area (Å²) < 4.78 is 1.53. The zero-order chi connectivity index (χ0) is 19.6. The summed E-state index contributed by atoms with van der Waals surface area (Å²) in [6, 6.07) is 18.0. The van der Waals surface area contributed by atoms with Crippen LogP contribution in [0.5, 0.6) is 0 Å². The van der Waals surface area contributed by atoms with Gasteiger partial charge in [0, 0.05) is 16.6 Å². The zero-order valence-corrected chi connectivity index (χ0v) is 25.9. The minimum atomic E-state index is -0.876. The second-order valence-electron chi connectivity index (χ2n) is 8.98. The van der Waals surface area contributed by atoms with E-state index >= 15 is 0 Å². The molecule has 0 radical (unpaired) electrons. The summed E-state index contributed by atoms with van der Waals surface area (Å²) in [5.74, 6) is 0. The van der Waals surface area contributed by atoms with Crippen LogP contribution in [0.3, 0.4) is 0 Å². The van der Waals surface area contributed by atoms with Crippen molar-refractivity contribution >= 4 is 28.8 Å². The van der Waals surface area contributed by atoms with Crippen LogP contribution in [0.25, 0.3) is 12.2 Å². The Morgan fingerprint density at radius 1 is 0.724 bits per heavy atom. The van der Waals surface area contributed by atoms with E-state index in [1.165, 1.54) is 11.1 Å². The number of fused-ring (bicyclic) bond motifs is 2. The fraction of sp³-hybridized carbons (Fsp3) is 0.333. The summed E-state index contributed by atoms with van der Waals surface area (Å²) in [6.45, 7) is 14.4. The number of halogens is 2. The van der Waals surface area contributed by atoms with Crippen LogP contribution in [0.15, 0.2) is 59.7 Å². The number of hydrogen-bond donors (Lipinski definition) is 0. The second kappa shape index (κ2) is 11.4. The van der Waals surface area contributed by atoms with Crippen LogP contribution in [-0.2, 0) is 22.9 Å². The van der Waals surface area contributed by atoms with E-state index in [1.807, 2.05) is 0 Å². The van der Waals surface area contributed by atoms with Gasteiger partial charge in [-0.15, -0.1) is 0 Å². The Kier molecular flexibility index (Phi) is 10.6. The van der Waals surface area contributed by atoms with Gasteiger partial charge in [0.1, 0.15) is 0 Å². The maximum atomic E-state index is 2.44. The van der Waals surface area contributed by atoms with Gasteiger partial charge in [-0.1, -0.05) is 26.2 Å².